The van der Waals surface area contributed by atoms with Crippen LogP contribution in [0.2, 0.25) is 0 Å². The second-order valence-corrected chi connectivity index (χ2v) is 5.26. The first-order chi connectivity index (χ1) is 7.27. The van der Waals surface area contributed by atoms with Crippen molar-refractivity contribution in [3.05, 3.63) is 0 Å². The van der Waals surface area contributed by atoms with Gasteiger partial charge in [0.25, 0.3) is 0 Å². The number of hydrogen-bond donors (Lipinski definition) is 1. The van der Waals surface area contributed by atoms with Crippen LogP contribution in [0.1, 0.15) is 72.6 Å². The fourth-order valence-electron chi connectivity index (χ4n) is 1.71. The Kier molecular flexibility index (Phi) is 21.0. The molecule has 4 heteroatoms. The Morgan fingerprint density at radius 1 is 0.875 bits per heavy atom. The molecule has 1 unspecified atom stereocenters. The summed E-state index contributed by atoms with van der Waals surface area (Å²) in [4.78, 5) is 0. The monoisotopic (exact) mass is 274 g/mol. The van der Waals surface area contributed by atoms with Crippen LogP contribution >= 0.6 is 0 Å². The van der Waals surface area contributed by atoms with E-state index in [1.807, 2.05) is 0 Å². The van der Waals surface area contributed by atoms with E-state index < -0.39 is 11.1 Å². The third kappa shape index (κ3) is 18.1. The van der Waals surface area contributed by atoms with Crippen LogP contribution < -0.4 is 51.4 Å². The summed E-state index contributed by atoms with van der Waals surface area (Å²) in [6.07, 6.45) is 12.7. The molecule has 0 aliphatic rings. The minimum absolute atomic E-state index is 0. The van der Waals surface area contributed by atoms with Crippen molar-refractivity contribution in [2.75, 3.05) is 5.75 Å². The molecule has 0 fully saturated rings. The van der Waals surface area contributed by atoms with Crippen molar-refractivity contribution >= 4 is 11.1 Å². The quantitative estimate of drug-likeness (QED) is 0.350. The van der Waals surface area contributed by atoms with Crippen LogP contribution in [0.5, 0.6) is 0 Å². The van der Waals surface area contributed by atoms with Gasteiger partial charge in [0, 0.05) is 5.75 Å². The van der Waals surface area contributed by atoms with Crippen LogP contribution in [-0.2, 0) is 11.1 Å². The Bertz CT molecular complexity index is 159. The zero-order chi connectivity index (χ0) is 11.4. The summed E-state index contributed by atoms with van der Waals surface area (Å²) >= 11 is -1.58. The Balaban J connectivity index is -0.000000980. The number of rotatable bonds is 11. The second-order valence-electron chi connectivity index (χ2n) is 4.21. The molecule has 1 atom stereocenters. The molecule has 0 aromatic rings. The average molecular weight is 275 g/mol. The summed E-state index contributed by atoms with van der Waals surface area (Å²) in [7, 11) is 0. The average Bonchev–Trinajstić information content (AvgIpc) is 2.20. The Hall–Kier alpha value is 1.75. The first kappa shape index (κ1) is 20.1. The molecule has 16 heavy (non-hydrogen) atoms. The zero-order valence-electron chi connectivity index (χ0n) is 12.0. The molecule has 0 bridgehead atoms. The van der Waals surface area contributed by atoms with Gasteiger partial charge in [-0.2, -0.15) is 0 Å². The van der Waals surface area contributed by atoms with Gasteiger partial charge < -0.3 is 5.98 Å². The van der Waals surface area contributed by atoms with E-state index in [1.165, 1.54) is 51.4 Å². The summed E-state index contributed by atoms with van der Waals surface area (Å²) in [6.45, 7) is 2.24. The molecule has 1 N–H and O–H groups in total. The van der Waals surface area contributed by atoms with Gasteiger partial charge in [-0.15, -0.1) is 0 Å². The van der Waals surface area contributed by atoms with E-state index in [4.69, 9.17) is 4.55 Å². The predicted octanol–water partition coefficient (Wildman–Crippen LogP) is 1.25. The molecule has 0 aliphatic heterocycles. The van der Waals surface area contributed by atoms with Gasteiger partial charge in [0.05, 0.1) is 0 Å². The number of unbranched alkanes of at least 4 members (excludes halogenated alkanes) is 9. The van der Waals surface area contributed by atoms with E-state index in [0.29, 0.717) is 5.75 Å². The fraction of sp³-hybridized carbons (Fsp3) is 1.00. The van der Waals surface area contributed by atoms with Crippen LogP contribution in [0.4, 0.5) is 0 Å². The third-order valence-electron chi connectivity index (χ3n) is 2.67. The smallest absolute Gasteiger partial charge is 1.00 e. The van der Waals surface area contributed by atoms with Crippen molar-refractivity contribution in [1.82, 2.24) is 0 Å². The van der Waals surface area contributed by atoms with Crippen molar-refractivity contribution in [2.45, 2.75) is 71.1 Å². The maximum Gasteiger partial charge on any atom is 1.00 e. The van der Waals surface area contributed by atoms with Gasteiger partial charge in [0.15, 0.2) is 11.1 Å². The van der Waals surface area contributed by atoms with Crippen molar-refractivity contribution in [3.8, 4) is 0 Å². The van der Waals surface area contributed by atoms with E-state index in [2.05, 4.69) is 6.92 Å². The van der Waals surface area contributed by atoms with Crippen LogP contribution in [-0.4, -0.2) is 14.5 Å². The Morgan fingerprint density at radius 3 is 1.62 bits per heavy atom. The first-order valence-electron chi connectivity index (χ1n) is 6.35. The standard InChI is InChI=1S/C12H26O2S.K.H/c1-2-3-4-5-6-7-8-9-10-11-12-15(13)14;;/h2-12H2,1H3,(H,13,14);;/q;+1;-1. The van der Waals surface area contributed by atoms with Gasteiger partial charge >= 0.3 is 51.4 Å². The summed E-state index contributed by atoms with van der Waals surface area (Å²) < 4.78 is 18.9. The molecular weight excluding hydrogens is 247 g/mol. The summed E-state index contributed by atoms with van der Waals surface area (Å²) in [6, 6.07) is 0. The van der Waals surface area contributed by atoms with Gasteiger partial charge in [0.1, 0.15) is 0 Å². The maximum atomic E-state index is 10.3. The van der Waals surface area contributed by atoms with E-state index in [-0.39, 0.29) is 52.8 Å². The SMILES string of the molecule is CCCCCCCCCCCCS(=O)O.[H-].[K+]. The molecule has 0 aromatic carbocycles. The van der Waals surface area contributed by atoms with E-state index in [9.17, 15) is 4.21 Å². The Morgan fingerprint density at radius 2 is 1.25 bits per heavy atom. The summed E-state index contributed by atoms with van der Waals surface area (Å²) in [5.74, 6) is 0.455. The van der Waals surface area contributed by atoms with Crippen molar-refractivity contribution in [3.63, 3.8) is 0 Å². The van der Waals surface area contributed by atoms with E-state index in [0.717, 1.165) is 12.8 Å². The minimum Gasteiger partial charge on any atom is -1.00 e. The molecule has 94 valence electrons. The normalized spacial score (nSPS) is 12.1. The number of hydrogen-bond acceptors (Lipinski definition) is 1. The largest absolute Gasteiger partial charge is 1.00 e. The van der Waals surface area contributed by atoms with Crippen molar-refractivity contribution in [1.29, 1.82) is 0 Å². The first-order valence-corrected chi connectivity index (χ1v) is 7.62. The molecule has 0 aliphatic carbocycles. The van der Waals surface area contributed by atoms with Gasteiger partial charge in [-0.3, -0.25) is 0 Å². The van der Waals surface area contributed by atoms with Gasteiger partial charge in [-0.1, -0.05) is 64.7 Å². The zero-order valence-corrected chi connectivity index (χ0v) is 15.0. The van der Waals surface area contributed by atoms with E-state index >= 15 is 0 Å². The molecule has 0 saturated carbocycles. The summed E-state index contributed by atoms with van der Waals surface area (Å²) in [5.41, 5.74) is 0. The molecule has 0 rings (SSSR count). The minimum atomic E-state index is -1.58. The maximum absolute atomic E-state index is 10.3. The summed E-state index contributed by atoms with van der Waals surface area (Å²) in [5, 5.41) is 0. The second kappa shape index (κ2) is 16.7. The predicted molar refractivity (Wildman–Crippen MR) is 68.6 cm³/mol. The molecule has 2 nitrogen and oxygen atoms in total. The molecule has 0 saturated heterocycles. The van der Waals surface area contributed by atoms with Crippen LogP contribution in [0, 0.1) is 0 Å². The molecule has 0 aromatic heterocycles. The molecule has 0 heterocycles. The molecular formula is C12H27KO2S. The Labute approximate surface area is 148 Å². The van der Waals surface area contributed by atoms with Gasteiger partial charge in [0.2, 0.25) is 0 Å². The molecule has 0 radical (unpaired) electrons. The molecule has 0 amide bonds. The topological polar surface area (TPSA) is 37.3 Å². The molecule has 0 spiro atoms. The fourth-order valence-corrected chi connectivity index (χ4v) is 2.16. The third-order valence-corrected chi connectivity index (χ3v) is 3.31. The van der Waals surface area contributed by atoms with Gasteiger partial charge in [-0.25, -0.2) is 4.21 Å². The van der Waals surface area contributed by atoms with Crippen molar-refractivity contribution in [2.24, 2.45) is 0 Å². The van der Waals surface area contributed by atoms with Crippen LogP contribution in [0.15, 0.2) is 0 Å². The van der Waals surface area contributed by atoms with Crippen molar-refractivity contribution < 1.29 is 61.6 Å². The van der Waals surface area contributed by atoms with Gasteiger partial charge in [-0.05, 0) is 6.42 Å². The van der Waals surface area contributed by atoms with Crippen LogP contribution in [0.3, 0.4) is 0 Å². The van der Waals surface area contributed by atoms with E-state index in [1.54, 1.807) is 0 Å². The van der Waals surface area contributed by atoms with Crippen LogP contribution in [0.25, 0.3) is 0 Å².